The number of hydrogen-bond donors (Lipinski definition) is 1. The molecule has 0 aliphatic carbocycles. The molecule has 1 N–H and O–H groups in total. The van der Waals surface area contributed by atoms with Crippen LogP contribution in [-0.2, 0) is 12.8 Å². The minimum absolute atomic E-state index is 0.369. The Morgan fingerprint density at radius 1 is 1.37 bits per heavy atom. The highest BCUT2D eigenvalue weighted by Crippen LogP contribution is 2.17. The number of aromatic nitrogens is 2. The Bertz CT molecular complexity index is 523. The summed E-state index contributed by atoms with van der Waals surface area (Å²) in [6, 6.07) is 8.07. The Hall–Kier alpha value is -1.39. The molecular weight excluding hydrogens is 262 g/mol. The van der Waals surface area contributed by atoms with Gasteiger partial charge in [0.2, 0.25) is 5.89 Å². The monoisotopic (exact) mass is 279 g/mol. The summed E-state index contributed by atoms with van der Waals surface area (Å²) in [7, 11) is 1.94. The standard InChI is InChI=1S/C14H18ClN3O/c1-3-11(16-2)9-14-17-13(18-19-14)8-10-6-4-5-7-12(10)15/h4-7,11,16H,3,8-9H2,1-2H3. The average Bonchev–Trinajstić information content (AvgIpc) is 2.86. The summed E-state index contributed by atoms with van der Waals surface area (Å²) in [4.78, 5) is 4.41. The molecule has 0 saturated carbocycles. The molecule has 1 heterocycles. The van der Waals surface area contributed by atoms with Gasteiger partial charge in [-0.25, -0.2) is 0 Å². The van der Waals surface area contributed by atoms with Crippen LogP contribution in [0.2, 0.25) is 5.02 Å². The van der Waals surface area contributed by atoms with E-state index in [-0.39, 0.29) is 0 Å². The molecule has 0 aliphatic rings. The average molecular weight is 280 g/mol. The SMILES string of the molecule is CCC(Cc1nc(Cc2ccccc2Cl)no1)NC. The van der Waals surface area contributed by atoms with E-state index in [4.69, 9.17) is 16.1 Å². The molecule has 0 spiro atoms. The van der Waals surface area contributed by atoms with Gasteiger partial charge in [-0.2, -0.15) is 4.98 Å². The fourth-order valence-electron chi connectivity index (χ4n) is 1.92. The summed E-state index contributed by atoms with van der Waals surface area (Å²) < 4.78 is 5.27. The van der Waals surface area contributed by atoms with E-state index in [1.54, 1.807) is 0 Å². The first-order valence-corrected chi connectivity index (χ1v) is 6.82. The second-order valence-electron chi connectivity index (χ2n) is 4.47. The summed E-state index contributed by atoms with van der Waals surface area (Å²) in [6.07, 6.45) is 2.38. The number of nitrogens with one attached hydrogen (secondary N) is 1. The minimum Gasteiger partial charge on any atom is -0.339 e. The zero-order valence-electron chi connectivity index (χ0n) is 11.2. The Morgan fingerprint density at radius 3 is 2.84 bits per heavy atom. The maximum atomic E-state index is 6.11. The van der Waals surface area contributed by atoms with E-state index >= 15 is 0 Å². The maximum absolute atomic E-state index is 6.11. The van der Waals surface area contributed by atoms with Crippen LogP contribution in [0.3, 0.4) is 0 Å². The Labute approximate surface area is 118 Å². The highest BCUT2D eigenvalue weighted by Gasteiger charge is 2.12. The van der Waals surface area contributed by atoms with Crippen LogP contribution in [0, 0.1) is 0 Å². The summed E-state index contributed by atoms with van der Waals surface area (Å²) in [6.45, 7) is 2.13. The highest BCUT2D eigenvalue weighted by atomic mass is 35.5. The number of nitrogens with zero attached hydrogens (tertiary/aromatic N) is 2. The van der Waals surface area contributed by atoms with Crippen molar-refractivity contribution in [1.82, 2.24) is 15.5 Å². The third-order valence-corrected chi connectivity index (χ3v) is 3.51. The molecule has 1 atom stereocenters. The van der Waals surface area contributed by atoms with Crippen LogP contribution in [0.15, 0.2) is 28.8 Å². The second-order valence-corrected chi connectivity index (χ2v) is 4.88. The van der Waals surface area contributed by atoms with E-state index in [1.807, 2.05) is 31.3 Å². The molecule has 1 aromatic heterocycles. The highest BCUT2D eigenvalue weighted by molar-refractivity contribution is 6.31. The zero-order valence-corrected chi connectivity index (χ0v) is 11.9. The van der Waals surface area contributed by atoms with Crippen molar-refractivity contribution in [3.8, 4) is 0 Å². The molecule has 1 aromatic carbocycles. The van der Waals surface area contributed by atoms with Gasteiger partial charge in [-0.05, 0) is 25.1 Å². The fourth-order valence-corrected chi connectivity index (χ4v) is 2.12. The van der Waals surface area contributed by atoms with Crippen LogP contribution in [0.5, 0.6) is 0 Å². The number of likely N-dealkylation sites (N-methyl/N-ethyl adjacent to an activating group) is 1. The summed E-state index contributed by atoms with van der Waals surface area (Å²) in [5.74, 6) is 1.34. The van der Waals surface area contributed by atoms with Gasteiger partial charge >= 0.3 is 0 Å². The number of rotatable bonds is 6. The maximum Gasteiger partial charge on any atom is 0.228 e. The summed E-state index contributed by atoms with van der Waals surface area (Å²) >= 11 is 6.11. The molecule has 2 aromatic rings. The first-order chi connectivity index (χ1) is 9.22. The summed E-state index contributed by atoms with van der Waals surface area (Å²) in [5.41, 5.74) is 1.01. The van der Waals surface area contributed by atoms with Gasteiger partial charge in [0.15, 0.2) is 5.82 Å². The van der Waals surface area contributed by atoms with Crippen molar-refractivity contribution in [2.75, 3.05) is 7.05 Å². The molecule has 0 fully saturated rings. The van der Waals surface area contributed by atoms with Crippen LogP contribution in [0.1, 0.15) is 30.6 Å². The molecule has 19 heavy (non-hydrogen) atoms. The van der Waals surface area contributed by atoms with Crippen molar-refractivity contribution in [3.05, 3.63) is 46.6 Å². The van der Waals surface area contributed by atoms with E-state index in [1.165, 1.54) is 0 Å². The zero-order chi connectivity index (χ0) is 13.7. The van der Waals surface area contributed by atoms with Gasteiger partial charge in [0.25, 0.3) is 0 Å². The molecule has 5 heteroatoms. The van der Waals surface area contributed by atoms with Gasteiger partial charge in [0, 0.05) is 23.9 Å². The van der Waals surface area contributed by atoms with Gasteiger partial charge in [0.05, 0.1) is 0 Å². The predicted octanol–water partition coefficient (Wildman–Crippen LogP) is 2.85. The van der Waals surface area contributed by atoms with Crippen LogP contribution in [0.4, 0.5) is 0 Å². The minimum atomic E-state index is 0.369. The number of hydrogen-bond acceptors (Lipinski definition) is 4. The molecule has 0 saturated heterocycles. The molecule has 102 valence electrons. The van der Waals surface area contributed by atoms with Crippen LogP contribution in [-0.4, -0.2) is 23.2 Å². The quantitative estimate of drug-likeness (QED) is 0.883. The van der Waals surface area contributed by atoms with Gasteiger partial charge < -0.3 is 9.84 Å². The van der Waals surface area contributed by atoms with Gasteiger partial charge in [-0.1, -0.05) is 41.9 Å². The fraction of sp³-hybridized carbons (Fsp3) is 0.429. The van der Waals surface area contributed by atoms with Crippen LogP contribution < -0.4 is 5.32 Å². The Kier molecular flexibility index (Phi) is 4.93. The topological polar surface area (TPSA) is 51.0 Å². The van der Waals surface area contributed by atoms with Crippen LogP contribution in [0.25, 0.3) is 0 Å². The first-order valence-electron chi connectivity index (χ1n) is 6.45. The number of halogens is 1. The third kappa shape index (κ3) is 3.78. The second kappa shape index (κ2) is 6.68. The van der Waals surface area contributed by atoms with Gasteiger partial charge in [-0.15, -0.1) is 0 Å². The Balaban J connectivity index is 2.03. The van der Waals surface area contributed by atoms with Gasteiger partial charge in [0.1, 0.15) is 0 Å². The molecule has 0 amide bonds. The lowest BCUT2D eigenvalue weighted by Crippen LogP contribution is -2.26. The van der Waals surface area contributed by atoms with Crippen molar-refractivity contribution >= 4 is 11.6 Å². The van der Waals surface area contributed by atoms with Crippen molar-refractivity contribution in [2.24, 2.45) is 0 Å². The van der Waals surface area contributed by atoms with Crippen molar-refractivity contribution in [3.63, 3.8) is 0 Å². The smallest absolute Gasteiger partial charge is 0.228 e. The van der Waals surface area contributed by atoms with E-state index in [0.29, 0.717) is 24.2 Å². The predicted molar refractivity (Wildman–Crippen MR) is 75.4 cm³/mol. The molecular formula is C14H18ClN3O. The normalized spacial score (nSPS) is 12.6. The van der Waals surface area contributed by atoms with Crippen molar-refractivity contribution in [1.29, 1.82) is 0 Å². The van der Waals surface area contributed by atoms with Crippen molar-refractivity contribution in [2.45, 2.75) is 32.2 Å². The summed E-state index contributed by atoms with van der Waals surface area (Å²) in [5, 5.41) is 7.95. The van der Waals surface area contributed by atoms with Gasteiger partial charge in [-0.3, -0.25) is 0 Å². The lowest BCUT2D eigenvalue weighted by atomic mass is 10.1. The van der Waals surface area contributed by atoms with E-state index < -0.39 is 0 Å². The Morgan fingerprint density at radius 2 is 2.16 bits per heavy atom. The lowest BCUT2D eigenvalue weighted by molar-refractivity contribution is 0.355. The van der Waals surface area contributed by atoms with Crippen LogP contribution >= 0.6 is 11.6 Å². The first kappa shape index (κ1) is 14.0. The van der Waals surface area contributed by atoms with E-state index in [9.17, 15) is 0 Å². The number of benzene rings is 1. The van der Waals surface area contributed by atoms with E-state index in [2.05, 4.69) is 22.4 Å². The molecule has 0 bridgehead atoms. The van der Waals surface area contributed by atoms with Crippen molar-refractivity contribution < 1.29 is 4.52 Å². The third-order valence-electron chi connectivity index (χ3n) is 3.14. The molecule has 1 unspecified atom stereocenters. The molecule has 0 aliphatic heterocycles. The molecule has 2 rings (SSSR count). The van der Waals surface area contributed by atoms with E-state index in [0.717, 1.165) is 23.4 Å². The lowest BCUT2D eigenvalue weighted by Gasteiger charge is -2.09. The molecule has 0 radical (unpaired) electrons. The largest absolute Gasteiger partial charge is 0.339 e. The molecule has 4 nitrogen and oxygen atoms in total.